The summed E-state index contributed by atoms with van der Waals surface area (Å²) in [5.74, 6) is 0.604. The van der Waals surface area contributed by atoms with Crippen LogP contribution in [0.25, 0.3) is 0 Å². The zero-order chi connectivity index (χ0) is 26.6. The second-order valence-corrected chi connectivity index (χ2v) is 10.5. The van der Waals surface area contributed by atoms with E-state index in [0.717, 1.165) is 57.1 Å². The van der Waals surface area contributed by atoms with Gasteiger partial charge in [-0.15, -0.1) is 0 Å². The number of alkyl halides is 3. The van der Waals surface area contributed by atoms with Crippen molar-refractivity contribution < 1.29 is 18.0 Å². The van der Waals surface area contributed by atoms with E-state index in [9.17, 15) is 18.0 Å². The first kappa shape index (κ1) is 27.8. The zero-order valence-corrected chi connectivity index (χ0v) is 22.1. The lowest BCUT2D eigenvalue weighted by Gasteiger charge is -2.47. The predicted octanol–water partition coefficient (Wildman–Crippen LogP) is 5.25. The number of aromatic nitrogens is 1. The molecule has 0 aliphatic carbocycles. The van der Waals surface area contributed by atoms with Gasteiger partial charge in [-0.25, -0.2) is 9.78 Å². The molecule has 2 saturated heterocycles. The van der Waals surface area contributed by atoms with Gasteiger partial charge in [-0.3, -0.25) is 9.80 Å². The van der Waals surface area contributed by atoms with Crippen LogP contribution in [0.1, 0.15) is 25.3 Å². The SMILES string of the molecule is C[C@H]1CN(c2ncc(NC(=O)NCC(F)(F)F)cc2Cl)CCN1C1CCN(Cc2ccc(Cl)cc2)CC1. The number of likely N-dealkylation sites (tertiary alicyclic amines) is 1. The number of pyridine rings is 1. The monoisotopic (exact) mass is 558 g/mol. The van der Waals surface area contributed by atoms with E-state index in [4.69, 9.17) is 23.2 Å². The summed E-state index contributed by atoms with van der Waals surface area (Å²) >= 11 is 12.4. The largest absolute Gasteiger partial charge is 0.405 e. The summed E-state index contributed by atoms with van der Waals surface area (Å²) in [6.07, 6.45) is -0.840. The van der Waals surface area contributed by atoms with Crippen LogP contribution < -0.4 is 15.5 Å². The molecule has 2 fully saturated rings. The van der Waals surface area contributed by atoms with Crippen LogP contribution in [0.4, 0.5) is 29.5 Å². The van der Waals surface area contributed by atoms with Crippen LogP contribution in [0.2, 0.25) is 10.0 Å². The fourth-order valence-corrected chi connectivity index (χ4v) is 5.46. The lowest BCUT2D eigenvalue weighted by molar-refractivity contribution is -0.122. The Morgan fingerprint density at radius 1 is 1.11 bits per heavy atom. The number of piperidine rings is 1. The molecule has 0 bridgehead atoms. The van der Waals surface area contributed by atoms with E-state index in [2.05, 4.69) is 44.1 Å². The minimum atomic E-state index is -4.48. The maximum absolute atomic E-state index is 12.3. The maximum atomic E-state index is 12.3. The van der Waals surface area contributed by atoms with Gasteiger partial charge < -0.3 is 15.5 Å². The molecule has 0 unspecified atom stereocenters. The second kappa shape index (κ2) is 12.1. The number of urea groups is 1. The predicted molar refractivity (Wildman–Crippen MR) is 140 cm³/mol. The quantitative estimate of drug-likeness (QED) is 0.507. The van der Waals surface area contributed by atoms with Gasteiger partial charge in [0.15, 0.2) is 0 Å². The van der Waals surface area contributed by atoms with Gasteiger partial charge in [0, 0.05) is 43.3 Å². The lowest BCUT2D eigenvalue weighted by Crippen LogP contribution is -2.57. The molecule has 3 heterocycles. The Bertz CT molecular complexity index is 1060. The number of anilines is 2. The van der Waals surface area contributed by atoms with Crippen molar-refractivity contribution in [1.82, 2.24) is 20.1 Å². The highest BCUT2D eigenvalue weighted by Gasteiger charge is 2.33. The third-order valence-electron chi connectivity index (χ3n) is 6.85. The third-order valence-corrected chi connectivity index (χ3v) is 7.38. The molecule has 1 atom stereocenters. The molecule has 4 rings (SSSR count). The van der Waals surface area contributed by atoms with E-state index in [1.165, 1.54) is 17.8 Å². The van der Waals surface area contributed by atoms with Crippen molar-refractivity contribution in [1.29, 1.82) is 0 Å². The number of nitrogens with one attached hydrogen (secondary N) is 2. The fourth-order valence-electron chi connectivity index (χ4n) is 5.05. The molecule has 2 aliphatic rings. The number of hydrogen-bond acceptors (Lipinski definition) is 5. The first-order valence-electron chi connectivity index (χ1n) is 12.3. The Labute approximate surface area is 224 Å². The highest BCUT2D eigenvalue weighted by molar-refractivity contribution is 6.33. The first-order valence-corrected chi connectivity index (χ1v) is 13.1. The minimum absolute atomic E-state index is 0.227. The van der Waals surface area contributed by atoms with Crippen molar-refractivity contribution in [2.75, 3.05) is 49.5 Å². The van der Waals surface area contributed by atoms with E-state index < -0.39 is 18.8 Å². The average Bonchev–Trinajstić information content (AvgIpc) is 2.84. The van der Waals surface area contributed by atoms with Crippen molar-refractivity contribution in [2.24, 2.45) is 0 Å². The Kier molecular flexibility index (Phi) is 9.05. The molecule has 1 aromatic carbocycles. The average molecular weight is 559 g/mol. The topological polar surface area (TPSA) is 63.7 Å². The summed E-state index contributed by atoms with van der Waals surface area (Å²) in [7, 11) is 0. The van der Waals surface area contributed by atoms with Gasteiger partial charge >= 0.3 is 12.2 Å². The van der Waals surface area contributed by atoms with Crippen LogP contribution in [-0.4, -0.2) is 78.3 Å². The highest BCUT2D eigenvalue weighted by atomic mass is 35.5. The summed E-state index contributed by atoms with van der Waals surface area (Å²) in [6.45, 7) is 6.25. The Hall–Kier alpha value is -2.27. The molecular formula is C25H31Cl2F3N6O. The standard InChI is InChI=1S/C25H31Cl2F3N6O/c1-17-14-35(23-22(27)12-20(13-31-23)33-24(37)32-16-25(28,29)30)10-11-36(17)21-6-8-34(9-7-21)15-18-2-4-19(26)5-3-18/h2-5,12-13,17,21H,6-11,14-16H2,1H3,(H2,32,33,37)/t17-/m0/s1. The molecule has 7 nitrogen and oxygen atoms in total. The summed E-state index contributed by atoms with van der Waals surface area (Å²) in [5, 5.41) is 5.18. The number of carbonyl (C=O) groups is 1. The van der Waals surface area contributed by atoms with Crippen LogP contribution in [0.5, 0.6) is 0 Å². The number of rotatable bonds is 6. The lowest BCUT2D eigenvalue weighted by atomic mass is 9.99. The van der Waals surface area contributed by atoms with Crippen LogP contribution in [-0.2, 0) is 6.54 Å². The van der Waals surface area contributed by atoms with Crippen LogP contribution in [0.3, 0.4) is 0 Å². The van der Waals surface area contributed by atoms with Gasteiger partial charge in [0.25, 0.3) is 0 Å². The van der Waals surface area contributed by atoms with Crippen molar-refractivity contribution in [3.8, 4) is 0 Å². The minimum Gasteiger partial charge on any atom is -0.353 e. The molecule has 0 radical (unpaired) electrons. The Morgan fingerprint density at radius 2 is 1.81 bits per heavy atom. The molecule has 202 valence electrons. The summed E-state index contributed by atoms with van der Waals surface area (Å²) in [5.41, 5.74) is 1.50. The molecule has 37 heavy (non-hydrogen) atoms. The van der Waals surface area contributed by atoms with Gasteiger partial charge in [0.1, 0.15) is 12.4 Å². The number of hydrogen-bond donors (Lipinski definition) is 2. The third kappa shape index (κ3) is 7.86. The number of amides is 2. The highest BCUT2D eigenvalue weighted by Crippen LogP contribution is 2.30. The van der Waals surface area contributed by atoms with Crippen molar-refractivity contribution in [2.45, 2.75) is 44.6 Å². The van der Waals surface area contributed by atoms with Crippen molar-refractivity contribution >= 4 is 40.7 Å². The van der Waals surface area contributed by atoms with Gasteiger partial charge in [0.05, 0.1) is 16.9 Å². The summed E-state index contributed by atoms with van der Waals surface area (Å²) < 4.78 is 36.8. The summed E-state index contributed by atoms with van der Waals surface area (Å²) in [6, 6.07) is 9.42. The Balaban J connectivity index is 1.26. The zero-order valence-electron chi connectivity index (χ0n) is 20.6. The van der Waals surface area contributed by atoms with Crippen LogP contribution in [0, 0.1) is 0 Å². The molecule has 0 saturated carbocycles. The van der Waals surface area contributed by atoms with E-state index in [-0.39, 0.29) is 5.69 Å². The molecular weight excluding hydrogens is 528 g/mol. The van der Waals surface area contributed by atoms with Gasteiger partial charge in [-0.1, -0.05) is 35.3 Å². The van der Waals surface area contributed by atoms with E-state index in [0.29, 0.717) is 22.9 Å². The second-order valence-electron chi connectivity index (χ2n) is 9.62. The Morgan fingerprint density at radius 3 is 2.43 bits per heavy atom. The fraction of sp³-hybridized carbons (Fsp3) is 0.520. The number of nitrogens with zero attached hydrogens (tertiary/aromatic N) is 4. The summed E-state index contributed by atoms with van der Waals surface area (Å²) in [4.78, 5) is 23.3. The van der Waals surface area contributed by atoms with E-state index in [1.807, 2.05) is 12.1 Å². The van der Waals surface area contributed by atoms with E-state index in [1.54, 1.807) is 5.32 Å². The van der Waals surface area contributed by atoms with Crippen LogP contribution in [0.15, 0.2) is 36.5 Å². The molecule has 12 heteroatoms. The number of halogens is 5. The normalized spacial score (nSPS) is 20.2. The smallest absolute Gasteiger partial charge is 0.353 e. The molecule has 1 aromatic heterocycles. The molecule has 0 spiro atoms. The first-order chi connectivity index (χ1) is 17.6. The van der Waals surface area contributed by atoms with E-state index >= 15 is 0 Å². The number of carbonyl (C=O) groups excluding carboxylic acids is 1. The molecule has 2 amide bonds. The van der Waals surface area contributed by atoms with Crippen molar-refractivity contribution in [3.63, 3.8) is 0 Å². The van der Waals surface area contributed by atoms with Gasteiger partial charge in [0.2, 0.25) is 0 Å². The van der Waals surface area contributed by atoms with Gasteiger partial charge in [-0.05, 0) is 56.6 Å². The number of piperazine rings is 1. The maximum Gasteiger partial charge on any atom is 0.405 e. The van der Waals surface area contributed by atoms with Crippen molar-refractivity contribution in [3.05, 3.63) is 52.1 Å². The number of benzene rings is 1. The van der Waals surface area contributed by atoms with Crippen LogP contribution >= 0.6 is 23.2 Å². The molecule has 2 aliphatic heterocycles. The molecule has 2 N–H and O–H groups in total. The molecule has 2 aromatic rings. The van der Waals surface area contributed by atoms with Gasteiger partial charge in [-0.2, -0.15) is 13.2 Å².